The van der Waals surface area contributed by atoms with Crippen LogP contribution in [-0.4, -0.2) is 38.6 Å². The Bertz CT molecular complexity index is 890. The minimum atomic E-state index is -1.29. The fourth-order valence-electron chi connectivity index (χ4n) is 3.17. The number of hydrogen-bond acceptors (Lipinski definition) is 4. The molecule has 25 heavy (non-hydrogen) atoms. The van der Waals surface area contributed by atoms with E-state index in [0.717, 1.165) is 42.5 Å². The minimum absolute atomic E-state index is 0.120. The molecule has 0 unspecified atom stereocenters. The van der Waals surface area contributed by atoms with Gasteiger partial charge < -0.3 is 10.1 Å². The van der Waals surface area contributed by atoms with Crippen LogP contribution in [0.5, 0.6) is 0 Å². The van der Waals surface area contributed by atoms with Crippen LogP contribution in [0.1, 0.15) is 40.9 Å². The second-order valence-electron chi connectivity index (χ2n) is 6.40. The molecule has 1 aliphatic rings. The van der Waals surface area contributed by atoms with E-state index >= 15 is 0 Å². The third-order valence-electron chi connectivity index (χ3n) is 4.53. The predicted molar refractivity (Wildman–Crippen MR) is 93.5 cm³/mol. The lowest BCUT2D eigenvalue weighted by atomic mass is 10.1. The summed E-state index contributed by atoms with van der Waals surface area (Å²) in [6, 6.07) is 6.96. The average Bonchev–Trinajstić information content (AvgIpc) is 2.59. The van der Waals surface area contributed by atoms with Crippen LogP contribution >= 0.6 is 0 Å². The van der Waals surface area contributed by atoms with Gasteiger partial charge in [0.15, 0.2) is 0 Å². The molecule has 1 fully saturated rings. The summed E-state index contributed by atoms with van der Waals surface area (Å²) in [4.78, 5) is 41.2. The molecule has 3 rings (SSSR count). The second kappa shape index (κ2) is 7.06. The first-order valence-electron chi connectivity index (χ1n) is 8.38. The average molecular weight is 343 g/mol. The maximum absolute atomic E-state index is 12.9. The third kappa shape index (κ3) is 3.56. The molecule has 1 aromatic heterocycles. The standard InChI is InChI=1S/C18H21N3O4/c1-12-5-7-13(8-6-12)21-16(22)14(11-20-9-3-2-4-10-20)15(17(23)24)19-18(21)25/h5-8H,2-4,9-11H2,1H3,(H,19,25)(H,23,24). The van der Waals surface area contributed by atoms with Crippen molar-refractivity contribution in [3.05, 3.63) is 61.9 Å². The van der Waals surface area contributed by atoms with E-state index < -0.39 is 17.2 Å². The smallest absolute Gasteiger partial charge is 0.352 e. The molecule has 0 spiro atoms. The van der Waals surface area contributed by atoms with Gasteiger partial charge in [-0.1, -0.05) is 24.1 Å². The van der Waals surface area contributed by atoms with E-state index in [0.29, 0.717) is 5.69 Å². The summed E-state index contributed by atoms with van der Waals surface area (Å²) in [7, 11) is 0. The van der Waals surface area contributed by atoms with Crippen molar-refractivity contribution in [2.24, 2.45) is 0 Å². The number of H-pyrrole nitrogens is 1. The quantitative estimate of drug-likeness (QED) is 0.877. The van der Waals surface area contributed by atoms with Crippen LogP contribution in [0.25, 0.3) is 5.69 Å². The molecule has 0 aliphatic carbocycles. The zero-order valence-corrected chi connectivity index (χ0v) is 14.1. The summed E-state index contributed by atoms with van der Waals surface area (Å²) in [6.45, 7) is 3.78. The lowest BCUT2D eigenvalue weighted by molar-refractivity contribution is 0.0686. The molecule has 2 N–H and O–H groups in total. The Morgan fingerprint density at radius 1 is 1.12 bits per heavy atom. The topological polar surface area (TPSA) is 95.4 Å². The normalized spacial score (nSPS) is 15.2. The van der Waals surface area contributed by atoms with Crippen LogP contribution < -0.4 is 11.2 Å². The SMILES string of the molecule is Cc1ccc(-n2c(=O)[nH]c(C(=O)O)c(CN3CCCCC3)c2=O)cc1. The number of aromatic amines is 1. The van der Waals surface area contributed by atoms with Gasteiger partial charge in [-0.2, -0.15) is 0 Å². The van der Waals surface area contributed by atoms with Crippen molar-refractivity contribution >= 4 is 5.97 Å². The number of carboxylic acids is 1. The lowest BCUT2D eigenvalue weighted by Crippen LogP contribution is -2.41. The van der Waals surface area contributed by atoms with E-state index in [4.69, 9.17) is 0 Å². The van der Waals surface area contributed by atoms with E-state index in [-0.39, 0.29) is 17.8 Å². The Labute approximate surface area is 144 Å². The molecule has 0 bridgehead atoms. The Morgan fingerprint density at radius 3 is 2.36 bits per heavy atom. The van der Waals surface area contributed by atoms with Crippen molar-refractivity contribution in [1.29, 1.82) is 0 Å². The van der Waals surface area contributed by atoms with Gasteiger partial charge in [0.05, 0.1) is 11.3 Å². The molecule has 1 saturated heterocycles. The number of carbonyl (C=O) groups is 1. The molecule has 0 amide bonds. The van der Waals surface area contributed by atoms with Gasteiger partial charge in [0.25, 0.3) is 5.56 Å². The number of hydrogen-bond donors (Lipinski definition) is 2. The molecule has 132 valence electrons. The van der Waals surface area contributed by atoms with Crippen molar-refractivity contribution in [2.75, 3.05) is 13.1 Å². The molecular formula is C18H21N3O4. The number of nitrogens with one attached hydrogen (secondary N) is 1. The van der Waals surface area contributed by atoms with Gasteiger partial charge in [0.2, 0.25) is 0 Å². The summed E-state index contributed by atoms with van der Waals surface area (Å²) >= 11 is 0. The predicted octanol–water partition coefficient (Wildman–Crippen LogP) is 1.52. The number of piperidine rings is 1. The van der Waals surface area contributed by atoms with Crippen LogP contribution in [0.2, 0.25) is 0 Å². The molecule has 0 radical (unpaired) electrons. The second-order valence-corrected chi connectivity index (χ2v) is 6.40. The molecule has 1 aromatic carbocycles. The monoisotopic (exact) mass is 343 g/mol. The molecule has 7 nitrogen and oxygen atoms in total. The van der Waals surface area contributed by atoms with E-state index in [1.54, 1.807) is 24.3 Å². The van der Waals surface area contributed by atoms with Crippen molar-refractivity contribution in [2.45, 2.75) is 32.7 Å². The van der Waals surface area contributed by atoms with Gasteiger partial charge in [-0.25, -0.2) is 14.2 Å². The number of aromatic nitrogens is 2. The lowest BCUT2D eigenvalue weighted by Gasteiger charge is -2.26. The molecular weight excluding hydrogens is 322 g/mol. The highest BCUT2D eigenvalue weighted by molar-refractivity contribution is 5.86. The van der Waals surface area contributed by atoms with Crippen molar-refractivity contribution in [3.63, 3.8) is 0 Å². The maximum atomic E-state index is 12.9. The number of likely N-dealkylation sites (tertiary alicyclic amines) is 1. The highest BCUT2D eigenvalue weighted by Gasteiger charge is 2.22. The number of rotatable bonds is 4. The summed E-state index contributed by atoms with van der Waals surface area (Å²) in [6.07, 6.45) is 3.19. The van der Waals surface area contributed by atoms with Gasteiger partial charge in [-0.3, -0.25) is 9.69 Å². The zero-order valence-electron chi connectivity index (χ0n) is 14.1. The van der Waals surface area contributed by atoms with Crippen molar-refractivity contribution in [1.82, 2.24) is 14.5 Å². The Balaban J connectivity index is 2.12. The van der Waals surface area contributed by atoms with Crippen LogP contribution in [0, 0.1) is 6.92 Å². The first-order valence-corrected chi connectivity index (χ1v) is 8.38. The Hall–Kier alpha value is -2.67. The highest BCUT2D eigenvalue weighted by atomic mass is 16.4. The van der Waals surface area contributed by atoms with Crippen molar-refractivity contribution in [3.8, 4) is 5.69 Å². The number of carboxylic acid groups (broad SMARTS) is 1. The van der Waals surface area contributed by atoms with Gasteiger partial charge in [0.1, 0.15) is 5.69 Å². The number of aromatic carboxylic acids is 1. The number of benzene rings is 1. The highest BCUT2D eigenvalue weighted by Crippen LogP contribution is 2.13. The molecule has 0 saturated carbocycles. The largest absolute Gasteiger partial charge is 0.477 e. The molecule has 1 aliphatic heterocycles. The first-order chi connectivity index (χ1) is 12.0. The molecule has 0 atom stereocenters. The van der Waals surface area contributed by atoms with Crippen molar-refractivity contribution < 1.29 is 9.90 Å². The van der Waals surface area contributed by atoms with Crippen LogP contribution in [0.3, 0.4) is 0 Å². The van der Waals surface area contributed by atoms with Crippen LogP contribution in [0.4, 0.5) is 0 Å². The number of aryl methyl sites for hydroxylation is 1. The van der Waals surface area contributed by atoms with Crippen LogP contribution in [-0.2, 0) is 6.54 Å². The van der Waals surface area contributed by atoms with Gasteiger partial charge in [0, 0.05) is 6.54 Å². The van der Waals surface area contributed by atoms with Gasteiger partial charge >= 0.3 is 11.7 Å². The fourth-order valence-corrected chi connectivity index (χ4v) is 3.17. The Kier molecular flexibility index (Phi) is 4.85. The summed E-state index contributed by atoms with van der Waals surface area (Å²) in [5, 5.41) is 9.41. The Morgan fingerprint density at radius 2 is 1.76 bits per heavy atom. The van der Waals surface area contributed by atoms with E-state index in [2.05, 4.69) is 9.88 Å². The maximum Gasteiger partial charge on any atom is 0.352 e. The third-order valence-corrected chi connectivity index (χ3v) is 4.53. The first kappa shape index (κ1) is 17.2. The van der Waals surface area contributed by atoms with E-state index in [1.165, 1.54) is 0 Å². The minimum Gasteiger partial charge on any atom is -0.477 e. The summed E-state index contributed by atoms with van der Waals surface area (Å²) in [5.41, 5.74) is -0.0830. The van der Waals surface area contributed by atoms with Crippen LogP contribution in [0.15, 0.2) is 33.9 Å². The van der Waals surface area contributed by atoms with Gasteiger partial charge in [-0.15, -0.1) is 0 Å². The molecule has 2 aromatic rings. The fraction of sp³-hybridized carbons (Fsp3) is 0.389. The summed E-state index contributed by atoms with van der Waals surface area (Å²) in [5.74, 6) is -1.29. The molecule has 2 heterocycles. The van der Waals surface area contributed by atoms with E-state index in [9.17, 15) is 19.5 Å². The van der Waals surface area contributed by atoms with Gasteiger partial charge in [-0.05, 0) is 45.0 Å². The molecule has 7 heteroatoms. The zero-order chi connectivity index (χ0) is 18.0. The number of nitrogens with zero attached hydrogens (tertiary/aromatic N) is 2. The van der Waals surface area contributed by atoms with E-state index in [1.807, 2.05) is 6.92 Å². The summed E-state index contributed by atoms with van der Waals surface area (Å²) < 4.78 is 1.01.